The molecule has 1 rings (SSSR count). The van der Waals surface area contributed by atoms with Gasteiger partial charge in [-0.3, -0.25) is 5.01 Å². The lowest BCUT2D eigenvalue weighted by Crippen LogP contribution is -2.29. The molecule has 0 aliphatic rings. The maximum atomic E-state index is 4.12. The molecule has 0 amide bonds. The highest BCUT2D eigenvalue weighted by Gasteiger charge is 1.92. The summed E-state index contributed by atoms with van der Waals surface area (Å²) in [5.41, 5.74) is 6.06. The molecule has 0 saturated carbocycles. The third-order valence-electron chi connectivity index (χ3n) is 1.06. The van der Waals surface area contributed by atoms with Gasteiger partial charge in [0.25, 0.3) is 0 Å². The van der Waals surface area contributed by atoms with Gasteiger partial charge in [0.2, 0.25) is 0 Å². The summed E-state index contributed by atoms with van der Waals surface area (Å²) in [6, 6.07) is 0. The molecule has 0 fully saturated rings. The second-order valence-electron chi connectivity index (χ2n) is 2.21. The van der Waals surface area contributed by atoms with E-state index in [0.29, 0.717) is 0 Å². The molecule has 56 valence electrons. The first kappa shape index (κ1) is 7.65. The monoisotopic (exact) mass is 157 g/mol. The summed E-state index contributed by atoms with van der Waals surface area (Å²) in [6.07, 6.45) is 0. The van der Waals surface area contributed by atoms with Crippen LogP contribution in [0.4, 0.5) is 0 Å². The van der Waals surface area contributed by atoms with Gasteiger partial charge in [-0.15, -0.1) is 11.3 Å². The molecule has 0 unspecified atom stereocenters. The fourth-order valence-electron chi connectivity index (χ4n) is 0.564. The van der Waals surface area contributed by atoms with Gasteiger partial charge in [-0.25, -0.2) is 10.4 Å². The Morgan fingerprint density at radius 2 is 2.50 bits per heavy atom. The number of hydrogen-bond acceptors (Lipinski definition) is 4. The molecule has 0 bridgehead atoms. The Labute approximate surface area is 64.7 Å². The maximum Gasteiger partial charge on any atom is 0.0795 e. The zero-order valence-electron chi connectivity index (χ0n) is 6.16. The lowest BCUT2D eigenvalue weighted by atomic mass is 10.5. The fraction of sp³-hybridized carbons (Fsp3) is 0.500. The van der Waals surface area contributed by atoms with Crippen LogP contribution in [0.25, 0.3) is 0 Å². The zero-order valence-corrected chi connectivity index (χ0v) is 6.98. The molecule has 1 heterocycles. The second kappa shape index (κ2) is 3.65. The van der Waals surface area contributed by atoms with Crippen molar-refractivity contribution in [2.45, 2.75) is 6.54 Å². The molecule has 1 N–H and O–H groups in total. The number of rotatable bonds is 3. The highest BCUT2D eigenvalue weighted by atomic mass is 32.1. The minimum atomic E-state index is 0.816. The van der Waals surface area contributed by atoms with Gasteiger partial charge in [-0.05, 0) is 0 Å². The highest BCUT2D eigenvalue weighted by Crippen LogP contribution is 1.99. The average molecular weight is 157 g/mol. The Morgan fingerprint density at radius 1 is 1.70 bits per heavy atom. The van der Waals surface area contributed by atoms with Crippen molar-refractivity contribution in [3.63, 3.8) is 0 Å². The SMILES string of the molecule is CN(C)NCc1cscn1. The van der Waals surface area contributed by atoms with Crippen LogP contribution in [-0.2, 0) is 6.54 Å². The van der Waals surface area contributed by atoms with Crippen molar-refractivity contribution in [2.24, 2.45) is 0 Å². The number of hydrogen-bond donors (Lipinski definition) is 1. The third kappa shape index (κ3) is 2.43. The summed E-state index contributed by atoms with van der Waals surface area (Å²) in [5, 5.41) is 3.95. The van der Waals surface area contributed by atoms with Crippen molar-refractivity contribution in [1.29, 1.82) is 0 Å². The van der Waals surface area contributed by atoms with Crippen molar-refractivity contribution >= 4 is 11.3 Å². The van der Waals surface area contributed by atoms with E-state index < -0.39 is 0 Å². The quantitative estimate of drug-likeness (QED) is 0.655. The first-order valence-electron chi connectivity index (χ1n) is 3.07. The second-order valence-corrected chi connectivity index (χ2v) is 2.93. The highest BCUT2D eigenvalue weighted by molar-refractivity contribution is 7.07. The molecular weight excluding hydrogens is 146 g/mol. The van der Waals surface area contributed by atoms with Gasteiger partial charge in [0.15, 0.2) is 0 Å². The van der Waals surface area contributed by atoms with Crippen molar-refractivity contribution < 1.29 is 0 Å². The fourth-order valence-corrected chi connectivity index (χ4v) is 1.12. The summed E-state index contributed by atoms with van der Waals surface area (Å²) in [6.45, 7) is 0.816. The van der Waals surface area contributed by atoms with Crippen LogP contribution in [0.15, 0.2) is 10.9 Å². The molecule has 4 heteroatoms. The molecule has 0 spiro atoms. The van der Waals surface area contributed by atoms with Gasteiger partial charge in [0.05, 0.1) is 17.7 Å². The summed E-state index contributed by atoms with van der Waals surface area (Å²) in [4.78, 5) is 4.12. The van der Waals surface area contributed by atoms with Crippen LogP contribution in [0, 0.1) is 0 Å². The summed E-state index contributed by atoms with van der Waals surface area (Å²) < 4.78 is 0. The molecular formula is C6H11N3S. The standard InChI is InChI=1S/C6H11N3S/c1-9(2)8-3-6-4-10-5-7-6/h4-5,8H,3H2,1-2H3. The van der Waals surface area contributed by atoms with Crippen molar-refractivity contribution in [3.05, 3.63) is 16.6 Å². The van der Waals surface area contributed by atoms with Crippen LogP contribution in [0.1, 0.15) is 5.69 Å². The molecule has 1 aromatic heterocycles. The Hall–Kier alpha value is -0.450. The minimum Gasteiger partial charge on any atom is -0.250 e. The first-order chi connectivity index (χ1) is 4.79. The van der Waals surface area contributed by atoms with Gasteiger partial charge in [-0.2, -0.15) is 0 Å². The normalized spacial score (nSPS) is 10.7. The van der Waals surface area contributed by atoms with Gasteiger partial charge >= 0.3 is 0 Å². The van der Waals surface area contributed by atoms with E-state index in [1.807, 2.05) is 30.0 Å². The van der Waals surface area contributed by atoms with E-state index in [1.54, 1.807) is 11.3 Å². The van der Waals surface area contributed by atoms with Crippen LogP contribution in [-0.4, -0.2) is 24.1 Å². The molecule has 0 atom stereocenters. The third-order valence-corrected chi connectivity index (χ3v) is 1.70. The van der Waals surface area contributed by atoms with Gasteiger partial charge in [0.1, 0.15) is 0 Å². The zero-order chi connectivity index (χ0) is 7.40. The summed E-state index contributed by atoms with van der Waals surface area (Å²) in [7, 11) is 3.93. The van der Waals surface area contributed by atoms with Gasteiger partial charge in [0, 0.05) is 19.5 Å². The van der Waals surface area contributed by atoms with E-state index in [1.165, 1.54) is 0 Å². The van der Waals surface area contributed by atoms with Crippen LogP contribution in [0.5, 0.6) is 0 Å². The van der Waals surface area contributed by atoms with Crippen molar-refractivity contribution in [2.75, 3.05) is 14.1 Å². The lowest BCUT2D eigenvalue weighted by Gasteiger charge is -2.09. The summed E-state index contributed by atoms with van der Waals surface area (Å²) in [5.74, 6) is 0. The Balaban J connectivity index is 2.28. The average Bonchev–Trinajstić information content (AvgIpc) is 2.34. The number of thiazole rings is 1. The van der Waals surface area contributed by atoms with E-state index in [0.717, 1.165) is 12.2 Å². The van der Waals surface area contributed by atoms with E-state index in [4.69, 9.17) is 0 Å². The number of nitrogens with one attached hydrogen (secondary N) is 1. The predicted octanol–water partition coefficient (Wildman–Crippen LogP) is 0.709. The maximum absolute atomic E-state index is 4.12. The Bertz CT molecular complexity index is 171. The molecule has 0 radical (unpaired) electrons. The van der Waals surface area contributed by atoms with E-state index in [2.05, 4.69) is 10.4 Å². The van der Waals surface area contributed by atoms with Crippen LogP contribution in [0.3, 0.4) is 0 Å². The smallest absolute Gasteiger partial charge is 0.0795 e. The topological polar surface area (TPSA) is 28.2 Å². The van der Waals surface area contributed by atoms with Crippen molar-refractivity contribution in [1.82, 2.24) is 15.4 Å². The molecule has 0 saturated heterocycles. The Morgan fingerprint density at radius 3 is 3.00 bits per heavy atom. The molecule has 0 aliphatic carbocycles. The van der Waals surface area contributed by atoms with Crippen LogP contribution < -0.4 is 5.43 Å². The number of aromatic nitrogens is 1. The lowest BCUT2D eigenvalue weighted by molar-refractivity contribution is 0.284. The van der Waals surface area contributed by atoms with Crippen molar-refractivity contribution in [3.8, 4) is 0 Å². The molecule has 0 aromatic carbocycles. The van der Waals surface area contributed by atoms with E-state index in [9.17, 15) is 0 Å². The van der Waals surface area contributed by atoms with E-state index in [-0.39, 0.29) is 0 Å². The molecule has 0 aliphatic heterocycles. The largest absolute Gasteiger partial charge is 0.250 e. The molecule has 1 aromatic rings. The number of hydrazine groups is 1. The van der Waals surface area contributed by atoms with Crippen LogP contribution >= 0.6 is 11.3 Å². The number of nitrogens with zero attached hydrogens (tertiary/aromatic N) is 2. The van der Waals surface area contributed by atoms with Gasteiger partial charge in [-0.1, -0.05) is 0 Å². The first-order valence-corrected chi connectivity index (χ1v) is 4.01. The Kier molecular flexibility index (Phi) is 2.80. The van der Waals surface area contributed by atoms with Gasteiger partial charge < -0.3 is 0 Å². The molecule has 3 nitrogen and oxygen atoms in total. The van der Waals surface area contributed by atoms with E-state index >= 15 is 0 Å². The summed E-state index contributed by atoms with van der Waals surface area (Å²) >= 11 is 1.62. The predicted molar refractivity (Wildman–Crippen MR) is 42.6 cm³/mol. The molecule has 10 heavy (non-hydrogen) atoms. The minimum absolute atomic E-state index is 0.816. The van der Waals surface area contributed by atoms with Crippen LogP contribution in [0.2, 0.25) is 0 Å².